The number of aryl methyl sites for hydroxylation is 1. The molecule has 0 N–H and O–H groups in total. The van der Waals surface area contributed by atoms with Gasteiger partial charge in [0.05, 0.1) is 5.69 Å². The van der Waals surface area contributed by atoms with Crippen molar-refractivity contribution < 1.29 is 9.59 Å². The van der Waals surface area contributed by atoms with Gasteiger partial charge in [-0.2, -0.15) is 5.10 Å². The smallest absolute Gasteiger partial charge is 0.274 e. The molecule has 1 aromatic carbocycles. The SMILES string of the molecule is Cc1cc(C(=O)N2CCN(C(=O)Cn3cnnn3)CC2)nn1-c1ccccc1. The van der Waals surface area contributed by atoms with Crippen LogP contribution in [0.3, 0.4) is 0 Å². The number of piperazine rings is 1. The predicted octanol–water partition coefficient (Wildman–Crippen LogP) is 0.152. The van der Waals surface area contributed by atoms with E-state index in [0.29, 0.717) is 31.9 Å². The molecule has 0 spiro atoms. The van der Waals surface area contributed by atoms with E-state index in [1.165, 1.54) is 11.0 Å². The first-order chi connectivity index (χ1) is 13.6. The lowest BCUT2D eigenvalue weighted by atomic mass is 10.2. The molecular weight excluding hydrogens is 360 g/mol. The topological polar surface area (TPSA) is 102 Å². The van der Waals surface area contributed by atoms with Gasteiger partial charge in [-0.3, -0.25) is 9.59 Å². The Morgan fingerprint density at radius 3 is 2.43 bits per heavy atom. The van der Waals surface area contributed by atoms with Crippen molar-refractivity contribution in [3.8, 4) is 5.69 Å². The zero-order chi connectivity index (χ0) is 19.5. The molecule has 2 aromatic heterocycles. The van der Waals surface area contributed by atoms with E-state index in [2.05, 4.69) is 20.6 Å². The fourth-order valence-corrected chi connectivity index (χ4v) is 3.22. The van der Waals surface area contributed by atoms with Crippen molar-refractivity contribution in [1.29, 1.82) is 0 Å². The van der Waals surface area contributed by atoms with Crippen LogP contribution in [0.25, 0.3) is 5.69 Å². The molecule has 0 bridgehead atoms. The first kappa shape index (κ1) is 17.8. The average molecular weight is 380 g/mol. The third kappa shape index (κ3) is 3.61. The lowest BCUT2D eigenvalue weighted by Gasteiger charge is -2.34. The molecule has 10 heteroatoms. The lowest BCUT2D eigenvalue weighted by molar-refractivity contribution is -0.133. The molecule has 0 radical (unpaired) electrons. The number of benzene rings is 1. The molecule has 2 amide bonds. The van der Waals surface area contributed by atoms with E-state index in [9.17, 15) is 9.59 Å². The van der Waals surface area contributed by atoms with E-state index in [-0.39, 0.29) is 18.4 Å². The standard InChI is InChI=1S/C18H20N8O2/c1-14-11-16(20-26(14)15-5-3-2-4-6-15)18(28)24-9-7-23(8-10-24)17(27)12-25-13-19-21-22-25/h2-6,11,13H,7-10,12H2,1H3. The van der Waals surface area contributed by atoms with E-state index in [1.807, 2.05) is 37.3 Å². The van der Waals surface area contributed by atoms with Crippen molar-refractivity contribution >= 4 is 11.8 Å². The van der Waals surface area contributed by atoms with Gasteiger partial charge in [0.15, 0.2) is 5.69 Å². The van der Waals surface area contributed by atoms with Gasteiger partial charge in [-0.15, -0.1) is 5.10 Å². The molecule has 0 aliphatic carbocycles. The second-order valence-corrected chi connectivity index (χ2v) is 6.60. The molecule has 3 heterocycles. The Kier molecular flexibility index (Phi) is 4.83. The minimum absolute atomic E-state index is 0.0661. The first-order valence-electron chi connectivity index (χ1n) is 9.02. The lowest BCUT2D eigenvalue weighted by Crippen LogP contribution is -2.51. The summed E-state index contributed by atoms with van der Waals surface area (Å²) < 4.78 is 3.15. The zero-order valence-corrected chi connectivity index (χ0v) is 15.5. The monoisotopic (exact) mass is 380 g/mol. The fraction of sp³-hybridized carbons (Fsp3) is 0.333. The van der Waals surface area contributed by atoms with Crippen LogP contribution in [0.5, 0.6) is 0 Å². The van der Waals surface area contributed by atoms with Crippen LogP contribution in [0.4, 0.5) is 0 Å². The normalized spacial score (nSPS) is 14.3. The van der Waals surface area contributed by atoms with Crippen molar-refractivity contribution in [3.63, 3.8) is 0 Å². The molecule has 1 aliphatic rings. The molecule has 28 heavy (non-hydrogen) atoms. The number of hydrogen-bond donors (Lipinski definition) is 0. The highest BCUT2D eigenvalue weighted by molar-refractivity contribution is 5.92. The molecule has 3 aromatic rings. The highest BCUT2D eigenvalue weighted by Crippen LogP contribution is 2.14. The quantitative estimate of drug-likeness (QED) is 0.639. The largest absolute Gasteiger partial charge is 0.338 e. The highest BCUT2D eigenvalue weighted by Gasteiger charge is 2.26. The molecule has 1 fully saturated rings. The maximum absolute atomic E-state index is 12.8. The van der Waals surface area contributed by atoms with Crippen LogP contribution < -0.4 is 0 Å². The number of carbonyl (C=O) groups excluding carboxylic acids is 2. The van der Waals surface area contributed by atoms with Crippen molar-refractivity contribution in [2.24, 2.45) is 0 Å². The summed E-state index contributed by atoms with van der Waals surface area (Å²) in [5.74, 6) is -0.186. The average Bonchev–Trinajstić information content (AvgIpc) is 3.38. The molecule has 1 saturated heterocycles. The van der Waals surface area contributed by atoms with Crippen molar-refractivity contribution in [2.45, 2.75) is 13.5 Å². The van der Waals surface area contributed by atoms with Crippen LogP contribution in [0.15, 0.2) is 42.7 Å². The minimum atomic E-state index is -0.120. The van der Waals surface area contributed by atoms with Crippen molar-refractivity contribution in [2.75, 3.05) is 26.2 Å². The summed E-state index contributed by atoms with van der Waals surface area (Å²) in [6.45, 7) is 3.92. The number of tetrazole rings is 1. The highest BCUT2D eigenvalue weighted by atomic mass is 16.2. The predicted molar refractivity (Wildman–Crippen MR) is 98.6 cm³/mol. The third-order valence-corrected chi connectivity index (χ3v) is 4.72. The van der Waals surface area contributed by atoms with Gasteiger partial charge in [-0.1, -0.05) is 18.2 Å². The number of amides is 2. The number of nitrogens with zero attached hydrogens (tertiary/aromatic N) is 8. The summed E-state index contributed by atoms with van der Waals surface area (Å²) in [4.78, 5) is 28.6. The van der Waals surface area contributed by atoms with E-state index in [0.717, 1.165) is 11.4 Å². The van der Waals surface area contributed by atoms with Gasteiger partial charge in [0.2, 0.25) is 5.91 Å². The summed E-state index contributed by atoms with van der Waals surface area (Å²) >= 11 is 0. The Balaban J connectivity index is 1.38. The van der Waals surface area contributed by atoms with E-state index in [4.69, 9.17) is 0 Å². The Morgan fingerprint density at radius 2 is 1.75 bits per heavy atom. The number of aromatic nitrogens is 6. The maximum Gasteiger partial charge on any atom is 0.274 e. The molecular formula is C18H20N8O2. The van der Waals surface area contributed by atoms with Crippen molar-refractivity contribution in [1.82, 2.24) is 39.8 Å². The Labute approximate surface area is 161 Å². The van der Waals surface area contributed by atoms with Gasteiger partial charge in [-0.05, 0) is 35.5 Å². The maximum atomic E-state index is 12.8. The van der Waals surface area contributed by atoms with Crippen LogP contribution in [0.1, 0.15) is 16.2 Å². The zero-order valence-electron chi connectivity index (χ0n) is 15.5. The molecule has 0 unspecified atom stereocenters. The third-order valence-electron chi connectivity index (χ3n) is 4.72. The molecule has 4 rings (SSSR count). The molecule has 10 nitrogen and oxygen atoms in total. The number of hydrogen-bond acceptors (Lipinski definition) is 6. The van der Waals surface area contributed by atoms with Gasteiger partial charge in [0.25, 0.3) is 5.91 Å². The van der Waals surface area contributed by atoms with Crippen LogP contribution in [-0.2, 0) is 11.3 Å². The van der Waals surface area contributed by atoms with Crippen LogP contribution in [0.2, 0.25) is 0 Å². The van der Waals surface area contributed by atoms with Gasteiger partial charge in [0, 0.05) is 31.9 Å². The number of carbonyl (C=O) groups is 2. The second-order valence-electron chi connectivity index (χ2n) is 6.60. The number of para-hydroxylation sites is 1. The van der Waals surface area contributed by atoms with Gasteiger partial charge in [-0.25, -0.2) is 9.36 Å². The Bertz CT molecular complexity index is 959. The Morgan fingerprint density at radius 1 is 1.04 bits per heavy atom. The summed E-state index contributed by atoms with van der Waals surface area (Å²) in [6, 6.07) is 11.5. The molecule has 144 valence electrons. The summed E-state index contributed by atoms with van der Waals surface area (Å²) in [6.07, 6.45) is 1.41. The van der Waals surface area contributed by atoms with E-state index in [1.54, 1.807) is 20.5 Å². The molecule has 0 saturated carbocycles. The van der Waals surface area contributed by atoms with Crippen LogP contribution in [-0.4, -0.2) is 77.8 Å². The number of rotatable bonds is 4. The van der Waals surface area contributed by atoms with Crippen LogP contribution in [0, 0.1) is 6.92 Å². The van der Waals surface area contributed by atoms with Gasteiger partial charge in [0.1, 0.15) is 12.9 Å². The second kappa shape index (κ2) is 7.59. The van der Waals surface area contributed by atoms with Gasteiger partial charge >= 0.3 is 0 Å². The summed E-state index contributed by atoms with van der Waals surface area (Å²) in [5.41, 5.74) is 2.22. The first-order valence-corrected chi connectivity index (χ1v) is 9.02. The molecule has 1 aliphatic heterocycles. The van der Waals surface area contributed by atoms with E-state index < -0.39 is 0 Å². The van der Waals surface area contributed by atoms with Crippen molar-refractivity contribution in [3.05, 3.63) is 54.1 Å². The summed E-state index contributed by atoms with van der Waals surface area (Å²) in [7, 11) is 0. The minimum Gasteiger partial charge on any atom is -0.338 e. The fourth-order valence-electron chi connectivity index (χ4n) is 3.22. The van der Waals surface area contributed by atoms with E-state index >= 15 is 0 Å². The molecule has 0 atom stereocenters. The van der Waals surface area contributed by atoms with Crippen LogP contribution >= 0.6 is 0 Å². The van der Waals surface area contributed by atoms with Gasteiger partial charge < -0.3 is 9.80 Å². The summed E-state index contributed by atoms with van der Waals surface area (Å²) in [5, 5.41) is 15.2. The Hall–Kier alpha value is -3.56.